The first-order valence-electron chi connectivity index (χ1n) is 6.47. The molecule has 1 heterocycles. The monoisotopic (exact) mass is 263 g/mol. The van der Waals surface area contributed by atoms with Crippen molar-refractivity contribution in [3.8, 4) is 0 Å². The minimum Gasteiger partial charge on any atom is -0.357 e. The van der Waals surface area contributed by atoms with E-state index in [9.17, 15) is 0 Å². The van der Waals surface area contributed by atoms with E-state index >= 15 is 0 Å². The van der Waals surface area contributed by atoms with Crippen molar-refractivity contribution in [2.24, 2.45) is 4.99 Å². The lowest BCUT2D eigenvalue weighted by Crippen LogP contribution is -2.23. The van der Waals surface area contributed by atoms with Crippen LogP contribution in [-0.4, -0.2) is 42.5 Å². The summed E-state index contributed by atoms with van der Waals surface area (Å²) in [6, 6.07) is 11.0. The first-order valence-corrected chi connectivity index (χ1v) is 7.45. The molecule has 98 valence electrons. The number of aliphatic imine (C=N–C) groups is 1. The van der Waals surface area contributed by atoms with Crippen LogP contribution in [0.25, 0.3) is 0 Å². The molecule has 4 heteroatoms. The summed E-state index contributed by atoms with van der Waals surface area (Å²) >= 11 is 1.82. The Kier molecular flexibility index (Phi) is 5.08. The van der Waals surface area contributed by atoms with Gasteiger partial charge in [0.15, 0.2) is 5.17 Å². The average molecular weight is 263 g/mol. The smallest absolute Gasteiger partial charge is 0.157 e. The summed E-state index contributed by atoms with van der Waals surface area (Å²) in [5.41, 5.74) is 1.35. The number of likely N-dealkylation sites (N-methyl/N-ethyl adjacent to an activating group) is 1. The topological polar surface area (TPSA) is 27.6 Å². The summed E-state index contributed by atoms with van der Waals surface area (Å²) in [5.74, 6) is 1.08. The van der Waals surface area contributed by atoms with Crippen LogP contribution in [0.2, 0.25) is 0 Å². The Balaban J connectivity index is 1.83. The third kappa shape index (κ3) is 3.75. The molecule has 2 rings (SSSR count). The highest BCUT2D eigenvalue weighted by atomic mass is 32.2. The van der Waals surface area contributed by atoms with E-state index in [4.69, 9.17) is 0 Å². The summed E-state index contributed by atoms with van der Waals surface area (Å²) in [6.07, 6.45) is 0. The van der Waals surface area contributed by atoms with Crippen LogP contribution in [0.15, 0.2) is 35.3 Å². The average Bonchev–Trinajstić information content (AvgIpc) is 2.88. The van der Waals surface area contributed by atoms with E-state index in [1.54, 1.807) is 0 Å². The zero-order valence-electron chi connectivity index (χ0n) is 11.1. The lowest BCUT2D eigenvalue weighted by atomic mass is 10.1. The molecule has 1 fully saturated rings. The SMILES string of the molecule is CCN(C)CCN=C1NC(c2ccccc2)CS1. The summed E-state index contributed by atoms with van der Waals surface area (Å²) < 4.78 is 0. The number of hydrogen-bond acceptors (Lipinski definition) is 3. The first kappa shape index (κ1) is 13.4. The molecule has 18 heavy (non-hydrogen) atoms. The fraction of sp³-hybridized carbons (Fsp3) is 0.500. The largest absolute Gasteiger partial charge is 0.357 e. The van der Waals surface area contributed by atoms with Crippen molar-refractivity contribution >= 4 is 16.9 Å². The van der Waals surface area contributed by atoms with Gasteiger partial charge >= 0.3 is 0 Å². The van der Waals surface area contributed by atoms with Crippen molar-refractivity contribution in [2.45, 2.75) is 13.0 Å². The standard InChI is InChI=1S/C14H21N3S/c1-3-17(2)10-9-15-14-16-13(11-18-14)12-7-5-4-6-8-12/h4-8,13H,3,9-11H2,1-2H3,(H,15,16). The minimum absolute atomic E-state index is 0.416. The molecular formula is C14H21N3S. The second-order valence-electron chi connectivity index (χ2n) is 4.50. The highest BCUT2D eigenvalue weighted by Crippen LogP contribution is 2.25. The third-order valence-electron chi connectivity index (χ3n) is 3.16. The van der Waals surface area contributed by atoms with Gasteiger partial charge in [-0.15, -0.1) is 0 Å². The molecule has 1 aliphatic heterocycles. The fourth-order valence-electron chi connectivity index (χ4n) is 1.83. The van der Waals surface area contributed by atoms with E-state index in [1.165, 1.54) is 5.56 Å². The maximum Gasteiger partial charge on any atom is 0.157 e. The van der Waals surface area contributed by atoms with E-state index < -0.39 is 0 Å². The van der Waals surface area contributed by atoms with Gasteiger partial charge in [0.25, 0.3) is 0 Å². The Bertz CT molecular complexity index is 391. The van der Waals surface area contributed by atoms with Crippen LogP contribution in [0, 0.1) is 0 Å². The zero-order chi connectivity index (χ0) is 12.8. The lowest BCUT2D eigenvalue weighted by molar-refractivity contribution is 0.363. The predicted octanol–water partition coefficient (Wildman–Crippen LogP) is 2.37. The van der Waals surface area contributed by atoms with Gasteiger partial charge in [-0.1, -0.05) is 49.0 Å². The molecule has 1 unspecified atom stereocenters. The van der Waals surface area contributed by atoms with Gasteiger partial charge < -0.3 is 10.2 Å². The van der Waals surface area contributed by atoms with Gasteiger partial charge in [0, 0.05) is 12.3 Å². The molecule has 0 bridgehead atoms. The Morgan fingerprint density at radius 2 is 2.17 bits per heavy atom. The zero-order valence-corrected chi connectivity index (χ0v) is 11.9. The van der Waals surface area contributed by atoms with Gasteiger partial charge in [-0.05, 0) is 19.2 Å². The molecule has 3 nitrogen and oxygen atoms in total. The molecule has 1 aromatic rings. The lowest BCUT2D eigenvalue weighted by Gasteiger charge is -2.12. The summed E-state index contributed by atoms with van der Waals surface area (Å²) in [7, 11) is 2.13. The normalized spacial score (nSPS) is 21.5. The molecule has 0 spiro atoms. The maximum atomic E-state index is 4.61. The van der Waals surface area contributed by atoms with Crippen LogP contribution in [-0.2, 0) is 0 Å². The Hall–Kier alpha value is -1.00. The molecule has 0 saturated carbocycles. The Morgan fingerprint density at radius 1 is 1.39 bits per heavy atom. The van der Waals surface area contributed by atoms with Crippen LogP contribution in [0.1, 0.15) is 18.5 Å². The number of amidine groups is 1. The summed E-state index contributed by atoms with van der Waals surface area (Å²) in [6.45, 7) is 5.15. The van der Waals surface area contributed by atoms with E-state index in [0.29, 0.717) is 6.04 Å². The van der Waals surface area contributed by atoms with Crippen LogP contribution in [0.3, 0.4) is 0 Å². The second-order valence-corrected chi connectivity index (χ2v) is 5.51. The van der Waals surface area contributed by atoms with Crippen molar-refractivity contribution in [3.05, 3.63) is 35.9 Å². The molecule has 0 amide bonds. The highest BCUT2D eigenvalue weighted by Gasteiger charge is 2.21. The molecule has 1 aliphatic rings. The van der Waals surface area contributed by atoms with Gasteiger partial charge in [0.05, 0.1) is 12.6 Å². The maximum absolute atomic E-state index is 4.61. The van der Waals surface area contributed by atoms with Crippen LogP contribution >= 0.6 is 11.8 Å². The van der Waals surface area contributed by atoms with Crippen molar-refractivity contribution in [1.82, 2.24) is 10.2 Å². The van der Waals surface area contributed by atoms with Gasteiger partial charge in [-0.3, -0.25) is 4.99 Å². The molecule has 0 aromatic heterocycles. The molecule has 0 radical (unpaired) electrons. The molecule has 1 saturated heterocycles. The van der Waals surface area contributed by atoms with Gasteiger partial charge in [-0.25, -0.2) is 0 Å². The van der Waals surface area contributed by atoms with Gasteiger partial charge in [0.2, 0.25) is 0 Å². The van der Waals surface area contributed by atoms with E-state index in [-0.39, 0.29) is 0 Å². The second kappa shape index (κ2) is 6.81. The van der Waals surface area contributed by atoms with Crippen LogP contribution in [0.5, 0.6) is 0 Å². The van der Waals surface area contributed by atoms with Crippen molar-refractivity contribution in [2.75, 3.05) is 32.4 Å². The highest BCUT2D eigenvalue weighted by molar-refractivity contribution is 8.14. The van der Waals surface area contributed by atoms with Crippen LogP contribution < -0.4 is 5.32 Å². The Labute approximate surface area is 114 Å². The van der Waals surface area contributed by atoms with Crippen molar-refractivity contribution in [3.63, 3.8) is 0 Å². The summed E-state index contributed by atoms with van der Waals surface area (Å²) in [4.78, 5) is 6.89. The Morgan fingerprint density at radius 3 is 2.89 bits per heavy atom. The summed E-state index contributed by atoms with van der Waals surface area (Å²) in [5, 5.41) is 4.58. The number of nitrogens with one attached hydrogen (secondary N) is 1. The molecule has 0 aliphatic carbocycles. The quantitative estimate of drug-likeness (QED) is 0.884. The van der Waals surface area contributed by atoms with E-state index in [0.717, 1.165) is 30.6 Å². The first-order chi connectivity index (χ1) is 8.79. The number of thioether (sulfide) groups is 1. The molecule has 1 aromatic carbocycles. The fourth-order valence-corrected chi connectivity index (χ4v) is 2.84. The molecule has 1 N–H and O–H groups in total. The molecular weight excluding hydrogens is 242 g/mol. The van der Waals surface area contributed by atoms with E-state index in [1.807, 2.05) is 11.8 Å². The molecule has 1 atom stereocenters. The predicted molar refractivity (Wildman–Crippen MR) is 80.2 cm³/mol. The number of hydrogen-bond donors (Lipinski definition) is 1. The van der Waals surface area contributed by atoms with Gasteiger partial charge in [0.1, 0.15) is 0 Å². The third-order valence-corrected chi connectivity index (χ3v) is 4.18. The van der Waals surface area contributed by atoms with E-state index in [2.05, 4.69) is 59.5 Å². The number of benzene rings is 1. The minimum atomic E-state index is 0.416. The number of rotatable bonds is 5. The van der Waals surface area contributed by atoms with Crippen molar-refractivity contribution in [1.29, 1.82) is 0 Å². The van der Waals surface area contributed by atoms with Gasteiger partial charge in [-0.2, -0.15) is 0 Å². The van der Waals surface area contributed by atoms with Crippen molar-refractivity contribution < 1.29 is 0 Å². The van der Waals surface area contributed by atoms with Crippen LogP contribution in [0.4, 0.5) is 0 Å². The number of nitrogens with zero attached hydrogens (tertiary/aromatic N) is 2.